The average Bonchev–Trinajstić information content (AvgIpc) is 3.15. The first-order chi connectivity index (χ1) is 10.2. The predicted octanol–water partition coefficient (Wildman–Crippen LogP) is 3.12. The Hall–Kier alpha value is -2.01. The maximum atomic E-state index is 11.9. The third-order valence-corrected chi connectivity index (χ3v) is 3.92. The van der Waals surface area contributed by atoms with Gasteiger partial charge in [0.15, 0.2) is 5.69 Å². The number of ether oxygens (including phenoxy) is 1. The summed E-state index contributed by atoms with van der Waals surface area (Å²) in [5, 5.41) is 7.81. The van der Waals surface area contributed by atoms with Crippen molar-refractivity contribution < 1.29 is 9.53 Å². The molecule has 1 aliphatic heterocycles. The summed E-state index contributed by atoms with van der Waals surface area (Å²) in [6.07, 6.45) is 2.23. The number of nitrogens with zero attached hydrogens (tertiary/aromatic N) is 2. The van der Waals surface area contributed by atoms with Crippen LogP contribution >= 0.6 is 11.6 Å². The first-order valence-electron chi connectivity index (χ1n) is 6.88. The summed E-state index contributed by atoms with van der Waals surface area (Å²) in [7, 11) is 1.37. The normalized spacial score (nSPS) is 14.5. The van der Waals surface area contributed by atoms with E-state index in [1.165, 1.54) is 7.11 Å². The lowest BCUT2D eigenvalue weighted by Crippen LogP contribution is -2.21. The molecular formula is C15H16ClN3O2. The van der Waals surface area contributed by atoms with Gasteiger partial charge in [0.25, 0.3) is 0 Å². The highest BCUT2D eigenvalue weighted by atomic mass is 35.5. The molecule has 5 nitrogen and oxygen atoms in total. The maximum absolute atomic E-state index is 11.9. The van der Waals surface area contributed by atoms with Gasteiger partial charge in [0.2, 0.25) is 0 Å². The lowest BCUT2D eigenvalue weighted by molar-refractivity contribution is 0.0594. The Labute approximate surface area is 127 Å². The molecule has 0 saturated carbocycles. The van der Waals surface area contributed by atoms with Crippen LogP contribution in [-0.4, -0.2) is 36.4 Å². The van der Waals surface area contributed by atoms with Crippen LogP contribution in [0.5, 0.6) is 0 Å². The molecule has 2 aromatic rings. The van der Waals surface area contributed by atoms with Crippen molar-refractivity contribution in [2.24, 2.45) is 0 Å². The van der Waals surface area contributed by atoms with Gasteiger partial charge in [-0.3, -0.25) is 5.10 Å². The van der Waals surface area contributed by atoms with Crippen molar-refractivity contribution in [2.45, 2.75) is 12.8 Å². The molecule has 6 heteroatoms. The molecule has 0 bridgehead atoms. The van der Waals surface area contributed by atoms with Gasteiger partial charge in [0, 0.05) is 23.7 Å². The summed E-state index contributed by atoms with van der Waals surface area (Å²) in [4.78, 5) is 14.1. The molecule has 0 radical (unpaired) electrons. The zero-order valence-corrected chi connectivity index (χ0v) is 12.5. The fraction of sp³-hybridized carbons (Fsp3) is 0.333. The number of H-pyrrole nitrogens is 1. The maximum Gasteiger partial charge on any atom is 0.358 e. The molecule has 21 heavy (non-hydrogen) atoms. The first kappa shape index (κ1) is 13.9. The van der Waals surface area contributed by atoms with Crippen molar-refractivity contribution in [3.8, 4) is 11.3 Å². The van der Waals surface area contributed by atoms with Gasteiger partial charge in [-0.25, -0.2) is 4.79 Å². The minimum Gasteiger partial charge on any atom is -0.464 e. The first-order valence-corrected chi connectivity index (χ1v) is 7.26. The van der Waals surface area contributed by atoms with Gasteiger partial charge in [0.1, 0.15) is 5.69 Å². The van der Waals surface area contributed by atoms with Gasteiger partial charge in [-0.05, 0) is 25.0 Å². The Balaban J connectivity index is 2.09. The summed E-state index contributed by atoms with van der Waals surface area (Å²) < 4.78 is 4.85. The van der Waals surface area contributed by atoms with Gasteiger partial charge < -0.3 is 9.64 Å². The monoisotopic (exact) mass is 305 g/mol. The summed E-state index contributed by atoms with van der Waals surface area (Å²) in [5.41, 5.74) is 2.91. The molecule has 1 aromatic carbocycles. The van der Waals surface area contributed by atoms with Crippen LogP contribution in [0.25, 0.3) is 11.3 Å². The van der Waals surface area contributed by atoms with Crippen molar-refractivity contribution in [2.75, 3.05) is 25.1 Å². The number of hydrogen-bond acceptors (Lipinski definition) is 4. The molecule has 0 aliphatic carbocycles. The van der Waals surface area contributed by atoms with E-state index in [4.69, 9.17) is 16.3 Å². The van der Waals surface area contributed by atoms with E-state index < -0.39 is 5.97 Å². The highest BCUT2D eigenvalue weighted by molar-refractivity contribution is 6.30. The topological polar surface area (TPSA) is 58.2 Å². The minimum absolute atomic E-state index is 0.399. The van der Waals surface area contributed by atoms with Crippen molar-refractivity contribution >= 4 is 23.3 Å². The second-order valence-corrected chi connectivity index (χ2v) is 5.42. The van der Waals surface area contributed by atoms with E-state index in [1.807, 2.05) is 24.3 Å². The standard InChI is InChI=1S/C15H16ClN3O2/c1-21-15(20)13-14(19-8-2-3-9-19)12(17-18-13)10-4-6-11(16)7-5-10/h4-7H,2-3,8-9H2,1H3,(H,17,18). The SMILES string of the molecule is COC(=O)c1[nH]nc(-c2ccc(Cl)cc2)c1N1CCCC1. The molecule has 0 atom stereocenters. The second-order valence-electron chi connectivity index (χ2n) is 4.99. The van der Waals surface area contributed by atoms with E-state index in [9.17, 15) is 4.79 Å². The number of nitrogens with one attached hydrogen (secondary N) is 1. The lowest BCUT2D eigenvalue weighted by atomic mass is 10.1. The second kappa shape index (κ2) is 5.77. The van der Waals surface area contributed by atoms with Crippen molar-refractivity contribution in [3.63, 3.8) is 0 Å². The van der Waals surface area contributed by atoms with E-state index in [0.29, 0.717) is 10.7 Å². The largest absolute Gasteiger partial charge is 0.464 e. The van der Waals surface area contributed by atoms with Crippen LogP contribution < -0.4 is 4.90 Å². The number of benzene rings is 1. The third-order valence-electron chi connectivity index (χ3n) is 3.67. The Morgan fingerprint density at radius 1 is 1.29 bits per heavy atom. The van der Waals surface area contributed by atoms with E-state index in [0.717, 1.165) is 42.9 Å². The molecule has 3 rings (SSSR count). The molecule has 1 aromatic heterocycles. The number of carbonyl (C=O) groups is 1. The van der Waals surface area contributed by atoms with Crippen LogP contribution in [0, 0.1) is 0 Å². The molecular weight excluding hydrogens is 290 g/mol. The number of aromatic amines is 1. The number of anilines is 1. The fourth-order valence-electron chi connectivity index (χ4n) is 2.64. The van der Waals surface area contributed by atoms with E-state index in [1.54, 1.807) is 0 Å². The molecule has 1 fully saturated rings. The lowest BCUT2D eigenvalue weighted by Gasteiger charge is -2.18. The number of aromatic nitrogens is 2. The van der Waals surface area contributed by atoms with Crippen LogP contribution in [0.4, 0.5) is 5.69 Å². The molecule has 1 aliphatic rings. The van der Waals surface area contributed by atoms with Gasteiger partial charge in [0.05, 0.1) is 12.8 Å². The Morgan fingerprint density at radius 3 is 2.57 bits per heavy atom. The average molecular weight is 306 g/mol. The number of esters is 1. The number of rotatable bonds is 3. The highest BCUT2D eigenvalue weighted by Crippen LogP contribution is 2.34. The number of halogens is 1. The molecule has 110 valence electrons. The van der Waals surface area contributed by atoms with Gasteiger partial charge in [-0.2, -0.15) is 5.10 Å². The number of hydrogen-bond donors (Lipinski definition) is 1. The minimum atomic E-state index is -0.399. The Kier molecular flexibility index (Phi) is 3.84. The summed E-state index contributed by atoms with van der Waals surface area (Å²) in [5.74, 6) is -0.399. The zero-order valence-electron chi connectivity index (χ0n) is 11.7. The summed E-state index contributed by atoms with van der Waals surface area (Å²) in [6, 6.07) is 7.44. The third kappa shape index (κ3) is 2.61. The van der Waals surface area contributed by atoms with E-state index >= 15 is 0 Å². The number of carbonyl (C=O) groups excluding carboxylic acids is 1. The van der Waals surface area contributed by atoms with Crippen molar-refractivity contribution in [3.05, 3.63) is 35.0 Å². The van der Waals surface area contributed by atoms with Crippen LogP contribution in [0.2, 0.25) is 5.02 Å². The zero-order chi connectivity index (χ0) is 14.8. The molecule has 2 heterocycles. The van der Waals surface area contributed by atoms with E-state index in [2.05, 4.69) is 15.1 Å². The highest BCUT2D eigenvalue weighted by Gasteiger charge is 2.27. The summed E-state index contributed by atoms with van der Waals surface area (Å²) in [6.45, 7) is 1.84. The summed E-state index contributed by atoms with van der Waals surface area (Å²) >= 11 is 5.93. The molecule has 1 N–H and O–H groups in total. The van der Waals surface area contributed by atoms with Crippen molar-refractivity contribution in [1.29, 1.82) is 0 Å². The van der Waals surface area contributed by atoms with Crippen LogP contribution in [0.1, 0.15) is 23.3 Å². The van der Waals surface area contributed by atoms with Gasteiger partial charge >= 0.3 is 5.97 Å². The molecule has 0 unspecified atom stereocenters. The van der Waals surface area contributed by atoms with Crippen molar-refractivity contribution in [1.82, 2.24) is 10.2 Å². The molecule has 1 saturated heterocycles. The quantitative estimate of drug-likeness (QED) is 0.885. The van der Waals surface area contributed by atoms with Crippen LogP contribution in [-0.2, 0) is 4.74 Å². The Bertz CT molecular complexity index is 645. The van der Waals surface area contributed by atoms with E-state index in [-0.39, 0.29) is 0 Å². The molecule has 0 spiro atoms. The van der Waals surface area contributed by atoms with Crippen LogP contribution in [0.3, 0.4) is 0 Å². The predicted molar refractivity (Wildman–Crippen MR) is 81.8 cm³/mol. The smallest absolute Gasteiger partial charge is 0.358 e. The fourth-order valence-corrected chi connectivity index (χ4v) is 2.76. The van der Waals surface area contributed by atoms with Gasteiger partial charge in [-0.1, -0.05) is 23.7 Å². The Morgan fingerprint density at radius 2 is 1.95 bits per heavy atom. The molecule has 0 amide bonds. The van der Waals surface area contributed by atoms with Gasteiger partial charge in [-0.15, -0.1) is 0 Å². The van der Waals surface area contributed by atoms with Crippen LogP contribution in [0.15, 0.2) is 24.3 Å². The number of methoxy groups -OCH3 is 1.